The van der Waals surface area contributed by atoms with Gasteiger partial charge in [0.15, 0.2) is 0 Å². The number of piperazine rings is 1. The van der Waals surface area contributed by atoms with Crippen molar-refractivity contribution in [3.8, 4) is 0 Å². The minimum absolute atomic E-state index is 0.800. The Balaban J connectivity index is 1.83. The summed E-state index contributed by atoms with van der Waals surface area (Å²) >= 11 is 0. The lowest BCUT2D eigenvalue weighted by atomic mass is 9.90. The van der Waals surface area contributed by atoms with Gasteiger partial charge in [0.05, 0.1) is 0 Å². The first-order valence-corrected chi connectivity index (χ1v) is 8.00. The minimum atomic E-state index is 0.800. The highest BCUT2D eigenvalue weighted by Gasteiger charge is 2.20. The van der Waals surface area contributed by atoms with Crippen LogP contribution in [0.1, 0.15) is 50.0 Å². The van der Waals surface area contributed by atoms with Gasteiger partial charge < -0.3 is 10.2 Å². The van der Waals surface area contributed by atoms with Crippen LogP contribution in [0.25, 0.3) is 0 Å². The first-order chi connectivity index (χ1) is 9.45. The SMILES string of the molecule is c1ccc(N2CCNCC2)c(C2CCCCCC2)c1. The first-order valence-electron chi connectivity index (χ1n) is 8.00. The Labute approximate surface area is 117 Å². The second kappa shape index (κ2) is 6.42. The molecule has 1 N–H and O–H groups in total. The van der Waals surface area contributed by atoms with E-state index in [1.165, 1.54) is 44.2 Å². The van der Waals surface area contributed by atoms with Gasteiger partial charge >= 0.3 is 0 Å². The smallest absolute Gasteiger partial charge is 0.0402 e. The van der Waals surface area contributed by atoms with Crippen LogP contribution in [0.15, 0.2) is 24.3 Å². The standard InChI is InChI=1S/C17H26N2/c1-2-4-8-15(7-3-1)16-9-5-6-10-17(16)19-13-11-18-12-14-19/h5-6,9-10,15,18H,1-4,7-8,11-14H2. The van der Waals surface area contributed by atoms with Crippen molar-refractivity contribution in [2.75, 3.05) is 31.1 Å². The Morgan fingerprint density at radius 1 is 0.895 bits per heavy atom. The lowest BCUT2D eigenvalue weighted by Crippen LogP contribution is -2.44. The highest BCUT2D eigenvalue weighted by Crippen LogP contribution is 2.36. The Morgan fingerprint density at radius 3 is 2.32 bits per heavy atom. The molecular formula is C17H26N2. The third-order valence-corrected chi connectivity index (χ3v) is 4.69. The van der Waals surface area contributed by atoms with Crippen molar-refractivity contribution >= 4 is 5.69 Å². The van der Waals surface area contributed by atoms with E-state index < -0.39 is 0 Å². The maximum Gasteiger partial charge on any atom is 0.0402 e. The lowest BCUT2D eigenvalue weighted by molar-refractivity contribution is 0.569. The minimum Gasteiger partial charge on any atom is -0.369 e. The Kier molecular flexibility index (Phi) is 4.39. The third kappa shape index (κ3) is 3.11. The fraction of sp³-hybridized carbons (Fsp3) is 0.647. The molecule has 0 radical (unpaired) electrons. The van der Waals surface area contributed by atoms with E-state index in [1.807, 2.05) is 0 Å². The summed E-state index contributed by atoms with van der Waals surface area (Å²) in [5, 5.41) is 3.45. The van der Waals surface area contributed by atoms with Crippen molar-refractivity contribution in [1.82, 2.24) is 5.32 Å². The second-order valence-corrected chi connectivity index (χ2v) is 5.98. The summed E-state index contributed by atoms with van der Waals surface area (Å²) in [6.07, 6.45) is 8.49. The molecule has 1 aliphatic heterocycles. The third-order valence-electron chi connectivity index (χ3n) is 4.69. The number of para-hydroxylation sites is 1. The summed E-state index contributed by atoms with van der Waals surface area (Å²) in [5.74, 6) is 0.800. The molecule has 0 amide bonds. The van der Waals surface area contributed by atoms with Crippen LogP contribution in [0.3, 0.4) is 0 Å². The van der Waals surface area contributed by atoms with Gasteiger partial charge in [-0.25, -0.2) is 0 Å². The molecule has 104 valence electrons. The van der Waals surface area contributed by atoms with Gasteiger partial charge in [-0.3, -0.25) is 0 Å². The molecule has 2 fully saturated rings. The predicted molar refractivity (Wildman–Crippen MR) is 82.0 cm³/mol. The van der Waals surface area contributed by atoms with Crippen LogP contribution < -0.4 is 10.2 Å². The van der Waals surface area contributed by atoms with Gasteiger partial charge in [-0.15, -0.1) is 0 Å². The molecule has 1 saturated carbocycles. The van der Waals surface area contributed by atoms with E-state index in [1.54, 1.807) is 5.56 Å². The van der Waals surface area contributed by atoms with Gasteiger partial charge in [-0.2, -0.15) is 0 Å². The van der Waals surface area contributed by atoms with Gasteiger partial charge in [0.25, 0.3) is 0 Å². The molecule has 3 rings (SSSR count). The zero-order valence-corrected chi connectivity index (χ0v) is 11.9. The maximum absolute atomic E-state index is 3.45. The summed E-state index contributed by atoms with van der Waals surface area (Å²) in [6, 6.07) is 9.16. The number of benzene rings is 1. The van der Waals surface area contributed by atoms with Crippen LogP contribution in [0.5, 0.6) is 0 Å². The Hall–Kier alpha value is -1.02. The van der Waals surface area contributed by atoms with Crippen molar-refractivity contribution in [3.63, 3.8) is 0 Å². The zero-order chi connectivity index (χ0) is 12.9. The van der Waals surface area contributed by atoms with E-state index in [9.17, 15) is 0 Å². The highest BCUT2D eigenvalue weighted by atomic mass is 15.2. The average Bonchev–Trinajstić information content (AvgIpc) is 2.77. The van der Waals surface area contributed by atoms with E-state index in [2.05, 4.69) is 34.5 Å². The van der Waals surface area contributed by atoms with Crippen LogP contribution >= 0.6 is 0 Å². The molecule has 1 aromatic rings. The normalized spacial score (nSPS) is 22.2. The molecule has 0 spiro atoms. The second-order valence-electron chi connectivity index (χ2n) is 5.98. The van der Waals surface area contributed by atoms with Gasteiger partial charge in [0, 0.05) is 31.9 Å². The fourth-order valence-electron chi connectivity index (χ4n) is 3.62. The van der Waals surface area contributed by atoms with Crippen LogP contribution in [0.2, 0.25) is 0 Å². The average molecular weight is 258 g/mol. The van der Waals surface area contributed by atoms with Crippen molar-refractivity contribution < 1.29 is 0 Å². The Bertz CT molecular complexity index is 388. The van der Waals surface area contributed by atoms with Gasteiger partial charge in [0.2, 0.25) is 0 Å². The number of hydrogen-bond donors (Lipinski definition) is 1. The molecule has 0 aromatic heterocycles. The number of anilines is 1. The molecule has 0 atom stereocenters. The van der Waals surface area contributed by atoms with E-state index >= 15 is 0 Å². The summed E-state index contributed by atoms with van der Waals surface area (Å²) in [4.78, 5) is 2.58. The monoisotopic (exact) mass is 258 g/mol. The molecule has 1 saturated heterocycles. The van der Waals surface area contributed by atoms with Crippen LogP contribution in [0.4, 0.5) is 5.69 Å². The van der Waals surface area contributed by atoms with E-state index in [0.29, 0.717) is 0 Å². The summed E-state index contributed by atoms with van der Waals surface area (Å²) < 4.78 is 0. The summed E-state index contributed by atoms with van der Waals surface area (Å²) in [5.41, 5.74) is 3.13. The predicted octanol–water partition coefficient (Wildman–Crippen LogP) is 3.53. The van der Waals surface area contributed by atoms with Crippen molar-refractivity contribution in [2.24, 2.45) is 0 Å². The zero-order valence-electron chi connectivity index (χ0n) is 11.9. The number of hydrogen-bond acceptors (Lipinski definition) is 2. The molecular weight excluding hydrogens is 232 g/mol. The number of rotatable bonds is 2. The summed E-state index contributed by atoms with van der Waals surface area (Å²) in [7, 11) is 0. The number of nitrogens with one attached hydrogen (secondary N) is 1. The molecule has 19 heavy (non-hydrogen) atoms. The Morgan fingerprint density at radius 2 is 1.58 bits per heavy atom. The van der Waals surface area contributed by atoms with E-state index in [0.717, 1.165) is 32.1 Å². The van der Waals surface area contributed by atoms with Crippen LogP contribution in [0, 0.1) is 0 Å². The fourth-order valence-corrected chi connectivity index (χ4v) is 3.62. The van der Waals surface area contributed by atoms with Crippen molar-refractivity contribution in [2.45, 2.75) is 44.4 Å². The van der Waals surface area contributed by atoms with Crippen molar-refractivity contribution in [3.05, 3.63) is 29.8 Å². The molecule has 1 aromatic carbocycles. The molecule has 0 bridgehead atoms. The maximum atomic E-state index is 3.45. The van der Waals surface area contributed by atoms with Crippen molar-refractivity contribution in [1.29, 1.82) is 0 Å². The van der Waals surface area contributed by atoms with E-state index in [-0.39, 0.29) is 0 Å². The number of nitrogens with zero attached hydrogens (tertiary/aromatic N) is 1. The van der Waals surface area contributed by atoms with Gasteiger partial charge in [-0.05, 0) is 30.4 Å². The van der Waals surface area contributed by atoms with Gasteiger partial charge in [-0.1, -0.05) is 43.9 Å². The highest BCUT2D eigenvalue weighted by molar-refractivity contribution is 5.55. The quantitative estimate of drug-likeness (QED) is 0.816. The molecule has 0 unspecified atom stereocenters. The van der Waals surface area contributed by atoms with E-state index in [4.69, 9.17) is 0 Å². The molecule has 1 aliphatic carbocycles. The molecule has 2 aliphatic rings. The van der Waals surface area contributed by atoms with Crippen LogP contribution in [-0.4, -0.2) is 26.2 Å². The first kappa shape index (κ1) is 13.0. The van der Waals surface area contributed by atoms with Crippen LogP contribution in [-0.2, 0) is 0 Å². The summed E-state index contributed by atoms with van der Waals surface area (Å²) in [6.45, 7) is 4.56. The lowest BCUT2D eigenvalue weighted by Gasteiger charge is -2.33. The molecule has 2 heteroatoms. The molecule has 2 nitrogen and oxygen atoms in total. The topological polar surface area (TPSA) is 15.3 Å². The molecule has 1 heterocycles. The largest absolute Gasteiger partial charge is 0.369 e. The van der Waals surface area contributed by atoms with Gasteiger partial charge in [0.1, 0.15) is 0 Å².